The molecule has 164 valence electrons. The molecule has 6 N–H and O–H groups in total. The van der Waals surface area contributed by atoms with Crippen molar-refractivity contribution in [2.45, 2.75) is 30.7 Å². The summed E-state index contributed by atoms with van der Waals surface area (Å²) in [6, 6.07) is 8.29. The third-order valence-electron chi connectivity index (χ3n) is 5.11. The molecular formula is C21H20O10. The minimum atomic E-state index is -1.64. The quantitative estimate of drug-likeness (QED) is 0.331. The first-order chi connectivity index (χ1) is 14.8. The molecule has 1 aliphatic rings. The van der Waals surface area contributed by atoms with E-state index in [1.54, 1.807) is 0 Å². The Kier molecular flexibility index (Phi) is 5.56. The van der Waals surface area contributed by atoms with Crippen LogP contribution in [0, 0.1) is 0 Å². The van der Waals surface area contributed by atoms with E-state index in [1.165, 1.54) is 36.6 Å². The molecule has 5 atom stereocenters. The molecule has 1 aliphatic heterocycles. The average Bonchev–Trinajstić information content (AvgIpc) is 2.75. The molecule has 0 saturated carbocycles. The lowest BCUT2D eigenvalue weighted by atomic mass is 9.99. The molecule has 10 nitrogen and oxygen atoms in total. The molecule has 0 radical (unpaired) electrons. The van der Waals surface area contributed by atoms with Gasteiger partial charge in [-0.2, -0.15) is 0 Å². The van der Waals surface area contributed by atoms with Crippen LogP contribution in [0.5, 0.6) is 17.2 Å². The monoisotopic (exact) mass is 432 g/mol. The highest BCUT2D eigenvalue weighted by Gasteiger charge is 2.44. The largest absolute Gasteiger partial charge is 0.508 e. The Morgan fingerprint density at radius 3 is 2.35 bits per heavy atom. The molecule has 0 unspecified atom stereocenters. The molecule has 0 bridgehead atoms. The number of rotatable bonds is 4. The number of phenols is 2. The molecule has 2 aromatic carbocycles. The van der Waals surface area contributed by atoms with E-state index >= 15 is 0 Å². The van der Waals surface area contributed by atoms with Crippen molar-refractivity contribution in [1.82, 2.24) is 0 Å². The Morgan fingerprint density at radius 1 is 0.968 bits per heavy atom. The number of aliphatic hydroxyl groups is 4. The van der Waals surface area contributed by atoms with Crippen molar-refractivity contribution < 1.29 is 44.5 Å². The number of fused-ring (bicyclic) bond motifs is 1. The van der Waals surface area contributed by atoms with Crippen LogP contribution < -0.4 is 10.2 Å². The normalized spacial score (nSPS) is 26.1. The van der Waals surface area contributed by atoms with Crippen LogP contribution in [0.3, 0.4) is 0 Å². The standard InChI is InChI=1S/C21H20O10/c22-7-15-18(26)19(27)20(28)21(31-15)30-11-5-13(24)16-14(6-11)29-8-12(17(16)25)9-1-3-10(23)4-2-9/h1-6,8,15,18-24,26-28H,7H2/t15-,18+,19+,20+,21+/m0/s1. The van der Waals surface area contributed by atoms with E-state index in [4.69, 9.17) is 13.9 Å². The van der Waals surface area contributed by atoms with Crippen molar-refractivity contribution in [3.63, 3.8) is 0 Å². The average molecular weight is 432 g/mol. The smallest absolute Gasteiger partial charge is 0.229 e. The summed E-state index contributed by atoms with van der Waals surface area (Å²) in [4.78, 5) is 12.9. The Labute approximate surface area is 174 Å². The van der Waals surface area contributed by atoms with Crippen LogP contribution in [-0.2, 0) is 4.74 Å². The molecule has 1 aromatic heterocycles. The van der Waals surface area contributed by atoms with E-state index < -0.39 is 48.5 Å². The molecule has 10 heteroatoms. The van der Waals surface area contributed by atoms with Crippen LogP contribution in [0.2, 0.25) is 0 Å². The lowest BCUT2D eigenvalue weighted by Crippen LogP contribution is -2.60. The molecule has 1 fully saturated rings. The number of ether oxygens (including phenoxy) is 2. The number of aromatic hydroxyl groups is 2. The topological polar surface area (TPSA) is 170 Å². The van der Waals surface area contributed by atoms with Crippen LogP contribution in [0.1, 0.15) is 0 Å². The zero-order valence-corrected chi connectivity index (χ0v) is 16.0. The van der Waals surface area contributed by atoms with Gasteiger partial charge in [0.2, 0.25) is 11.7 Å². The maximum Gasteiger partial charge on any atom is 0.229 e. The Hall–Kier alpha value is -3.15. The first-order valence-corrected chi connectivity index (χ1v) is 9.35. The second kappa shape index (κ2) is 8.17. The van der Waals surface area contributed by atoms with E-state index in [2.05, 4.69) is 0 Å². The van der Waals surface area contributed by atoms with Gasteiger partial charge >= 0.3 is 0 Å². The summed E-state index contributed by atoms with van der Waals surface area (Å²) in [6.45, 7) is -0.622. The number of phenolic OH excluding ortho intramolecular Hbond substituents is 2. The molecule has 3 aromatic rings. The summed E-state index contributed by atoms with van der Waals surface area (Å²) < 4.78 is 16.2. The molecule has 0 aliphatic carbocycles. The summed E-state index contributed by atoms with van der Waals surface area (Å²) in [7, 11) is 0. The van der Waals surface area contributed by atoms with E-state index in [1.807, 2.05) is 0 Å². The lowest BCUT2D eigenvalue weighted by molar-refractivity contribution is -0.277. The summed E-state index contributed by atoms with van der Waals surface area (Å²) in [5.74, 6) is -0.465. The minimum absolute atomic E-state index is 0.00730. The van der Waals surface area contributed by atoms with Crippen molar-refractivity contribution in [1.29, 1.82) is 0 Å². The predicted molar refractivity (Wildman–Crippen MR) is 106 cm³/mol. The van der Waals surface area contributed by atoms with Crippen LogP contribution in [-0.4, -0.2) is 68.0 Å². The van der Waals surface area contributed by atoms with Gasteiger partial charge in [-0.15, -0.1) is 0 Å². The first-order valence-electron chi connectivity index (χ1n) is 9.35. The van der Waals surface area contributed by atoms with Gasteiger partial charge in [-0.05, 0) is 17.7 Å². The van der Waals surface area contributed by atoms with Gasteiger partial charge in [-0.25, -0.2) is 0 Å². The zero-order valence-electron chi connectivity index (χ0n) is 16.0. The van der Waals surface area contributed by atoms with Crippen LogP contribution in [0.15, 0.2) is 51.9 Å². The number of hydrogen-bond donors (Lipinski definition) is 6. The second-order valence-corrected chi connectivity index (χ2v) is 7.16. The molecule has 0 amide bonds. The first kappa shape index (κ1) is 21.1. The Morgan fingerprint density at radius 2 is 1.68 bits per heavy atom. The van der Waals surface area contributed by atoms with Crippen LogP contribution in [0.25, 0.3) is 22.1 Å². The van der Waals surface area contributed by atoms with Gasteiger partial charge in [0.1, 0.15) is 58.9 Å². The highest BCUT2D eigenvalue weighted by Crippen LogP contribution is 2.32. The van der Waals surface area contributed by atoms with Crippen LogP contribution in [0.4, 0.5) is 0 Å². The Bertz CT molecular complexity index is 1140. The maximum atomic E-state index is 12.9. The van der Waals surface area contributed by atoms with Gasteiger partial charge in [-0.1, -0.05) is 12.1 Å². The van der Waals surface area contributed by atoms with Gasteiger partial charge in [0.15, 0.2) is 0 Å². The lowest BCUT2D eigenvalue weighted by Gasteiger charge is -2.39. The Balaban J connectivity index is 1.68. The van der Waals surface area contributed by atoms with Crippen molar-refractivity contribution in [2.24, 2.45) is 0 Å². The third kappa shape index (κ3) is 3.82. The van der Waals surface area contributed by atoms with Crippen molar-refractivity contribution in [3.8, 4) is 28.4 Å². The summed E-state index contributed by atoms with van der Waals surface area (Å²) >= 11 is 0. The molecule has 4 rings (SSSR count). The highest BCUT2D eigenvalue weighted by atomic mass is 16.7. The van der Waals surface area contributed by atoms with Crippen molar-refractivity contribution in [2.75, 3.05) is 6.61 Å². The van der Waals surface area contributed by atoms with Gasteiger partial charge in [0, 0.05) is 12.1 Å². The third-order valence-corrected chi connectivity index (χ3v) is 5.11. The highest BCUT2D eigenvalue weighted by molar-refractivity contribution is 5.88. The van der Waals surface area contributed by atoms with Crippen molar-refractivity contribution >= 4 is 11.0 Å². The minimum Gasteiger partial charge on any atom is -0.508 e. The van der Waals surface area contributed by atoms with E-state index in [-0.39, 0.29) is 28.0 Å². The van der Waals surface area contributed by atoms with Gasteiger partial charge in [0.25, 0.3) is 0 Å². The van der Waals surface area contributed by atoms with E-state index in [0.29, 0.717) is 5.56 Å². The number of aliphatic hydroxyl groups excluding tert-OH is 4. The second-order valence-electron chi connectivity index (χ2n) is 7.16. The molecular weight excluding hydrogens is 412 g/mol. The fourth-order valence-electron chi connectivity index (χ4n) is 3.41. The summed E-state index contributed by atoms with van der Waals surface area (Å²) in [5.41, 5.74) is 0.135. The van der Waals surface area contributed by atoms with Gasteiger partial charge < -0.3 is 44.5 Å². The van der Waals surface area contributed by atoms with E-state index in [0.717, 1.165) is 6.07 Å². The fourth-order valence-corrected chi connectivity index (χ4v) is 3.41. The SMILES string of the molecule is O=c1c(-c2ccc(O)cc2)coc2cc(O[C@@H]3O[C@@H](CO)[C@@H](O)[C@@H](O)[C@H]3O)cc(O)c12. The maximum absolute atomic E-state index is 12.9. The van der Waals surface area contributed by atoms with Gasteiger partial charge in [-0.3, -0.25) is 4.79 Å². The van der Waals surface area contributed by atoms with Crippen LogP contribution >= 0.6 is 0 Å². The number of benzene rings is 2. The zero-order chi connectivity index (χ0) is 22.3. The summed E-state index contributed by atoms with van der Waals surface area (Å²) in [6.07, 6.45) is -6.23. The fraction of sp³-hybridized carbons (Fsp3) is 0.286. The van der Waals surface area contributed by atoms with E-state index in [9.17, 15) is 35.4 Å². The summed E-state index contributed by atoms with van der Waals surface area (Å²) in [5, 5.41) is 58.8. The molecule has 2 heterocycles. The number of hydrogen-bond acceptors (Lipinski definition) is 10. The van der Waals surface area contributed by atoms with Crippen molar-refractivity contribution in [3.05, 3.63) is 52.9 Å². The predicted octanol–water partition coefficient (Wildman–Crippen LogP) is 0.0499. The van der Waals surface area contributed by atoms with Gasteiger partial charge in [0.05, 0.1) is 12.2 Å². The molecule has 0 spiro atoms. The molecule has 31 heavy (non-hydrogen) atoms. The molecule has 1 saturated heterocycles.